The third kappa shape index (κ3) is 7.11. The maximum atomic E-state index is 2.64. The quantitative estimate of drug-likeness (QED) is 0.723. The molecule has 25 heavy (non-hydrogen) atoms. The van der Waals surface area contributed by atoms with Crippen LogP contribution in [0.4, 0.5) is 0 Å². The molecule has 1 aromatic rings. The lowest BCUT2D eigenvalue weighted by atomic mass is 9.88. The average molecular weight is 345 g/mol. The summed E-state index contributed by atoms with van der Waals surface area (Å²) in [5.74, 6) is 0.855. The number of benzene rings is 1. The normalized spacial score (nSPS) is 18.1. The van der Waals surface area contributed by atoms with E-state index in [1.165, 1.54) is 43.5 Å². The molecule has 0 unspecified atom stereocenters. The molecular formula is C23H40N2. The van der Waals surface area contributed by atoms with E-state index in [4.69, 9.17) is 0 Å². The molecular weight excluding hydrogens is 304 g/mol. The Morgan fingerprint density at radius 3 is 1.92 bits per heavy atom. The Bertz CT molecular complexity index is 511. The van der Waals surface area contributed by atoms with Gasteiger partial charge in [-0.3, -0.25) is 4.90 Å². The van der Waals surface area contributed by atoms with Gasteiger partial charge < -0.3 is 4.90 Å². The van der Waals surface area contributed by atoms with Gasteiger partial charge in [-0.15, -0.1) is 0 Å². The summed E-state index contributed by atoms with van der Waals surface area (Å²) in [6, 6.07) is 9.38. The predicted molar refractivity (Wildman–Crippen MR) is 110 cm³/mol. The minimum Gasteiger partial charge on any atom is -0.302 e. The Kier molecular flexibility index (Phi) is 6.73. The van der Waals surface area contributed by atoms with Gasteiger partial charge in [0.15, 0.2) is 0 Å². The highest BCUT2D eigenvalue weighted by molar-refractivity contribution is 5.23. The van der Waals surface area contributed by atoms with Crippen LogP contribution in [0.2, 0.25) is 0 Å². The van der Waals surface area contributed by atoms with Crippen molar-refractivity contribution in [2.24, 2.45) is 11.3 Å². The molecule has 0 spiro atoms. The van der Waals surface area contributed by atoms with E-state index in [1.807, 2.05) is 0 Å². The topological polar surface area (TPSA) is 6.48 Å². The van der Waals surface area contributed by atoms with Crippen LogP contribution < -0.4 is 0 Å². The third-order valence-electron chi connectivity index (χ3n) is 5.31. The van der Waals surface area contributed by atoms with Gasteiger partial charge >= 0.3 is 0 Å². The summed E-state index contributed by atoms with van der Waals surface area (Å²) in [6.45, 7) is 18.6. The molecule has 1 aliphatic rings. The van der Waals surface area contributed by atoms with Crippen LogP contribution in [0.25, 0.3) is 0 Å². The van der Waals surface area contributed by atoms with Gasteiger partial charge in [0, 0.05) is 18.6 Å². The van der Waals surface area contributed by atoms with Gasteiger partial charge in [-0.2, -0.15) is 0 Å². The van der Waals surface area contributed by atoms with E-state index in [9.17, 15) is 0 Å². The maximum Gasteiger partial charge on any atom is 0.0230 e. The summed E-state index contributed by atoms with van der Waals surface area (Å²) < 4.78 is 0. The minimum absolute atomic E-state index is 0.325. The first-order valence-electron chi connectivity index (χ1n) is 10.0. The smallest absolute Gasteiger partial charge is 0.0230 e. The first-order chi connectivity index (χ1) is 11.5. The van der Waals surface area contributed by atoms with Gasteiger partial charge in [0.2, 0.25) is 0 Å². The molecule has 2 rings (SSSR count). The van der Waals surface area contributed by atoms with Gasteiger partial charge in [0.1, 0.15) is 0 Å². The molecule has 1 fully saturated rings. The summed E-state index contributed by atoms with van der Waals surface area (Å²) in [4.78, 5) is 5.06. The summed E-state index contributed by atoms with van der Waals surface area (Å²) in [5.41, 5.74) is 3.62. The van der Waals surface area contributed by atoms with Crippen LogP contribution in [-0.2, 0) is 13.0 Å². The molecule has 1 aromatic carbocycles. The summed E-state index contributed by atoms with van der Waals surface area (Å²) >= 11 is 0. The second-order valence-corrected chi connectivity index (χ2v) is 10.4. The van der Waals surface area contributed by atoms with Gasteiger partial charge in [-0.1, -0.05) is 45.0 Å². The van der Waals surface area contributed by atoms with Crippen molar-refractivity contribution in [2.75, 3.05) is 26.7 Å². The van der Waals surface area contributed by atoms with Crippen molar-refractivity contribution in [1.82, 2.24) is 9.80 Å². The molecule has 0 aromatic heterocycles. The van der Waals surface area contributed by atoms with E-state index in [1.54, 1.807) is 0 Å². The van der Waals surface area contributed by atoms with E-state index in [2.05, 4.69) is 82.7 Å². The molecule has 0 bridgehead atoms. The second-order valence-electron chi connectivity index (χ2n) is 10.4. The molecule has 142 valence electrons. The SMILES string of the molecule is CN(Cc1ccc(CC2CCN(C(C)(C)C)CC2)cc1)CC(C)(C)C. The van der Waals surface area contributed by atoms with E-state index in [-0.39, 0.29) is 0 Å². The average Bonchev–Trinajstić information content (AvgIpc) is 2.47. The van der Waals surface area contributed by atoms with Crippen LogP contribution in [0.15, 0.2) is 24.3 Å². The van der Waals surface area contributed by atoms with Crippen molar-refractivity contribution >= 4 is 0 Å². The standard InChI is InChI=1S/C23H40N2/c1-22(2,3)18-24(7)17-21-10-8-19(9-11-21)16-20-12-14-25(15-13-20)23(4,5)6/h8-11,20H,12-18H2,1-7H3. The number of likely N-dealkylation sites (tertiary alicyclic amines) is 1. The first-order valence-corrected chi connectivity index (χ1v) is 10.0. The molecule has 0 N–H and O–H groups in total. The van der Waals surface area contributed by atoms with Crippen LogP contribution in [-0.4, -0.2) is 42.0 Å². The molecule has 0 atom stereocenters. The van der Waals surface area contributed by atoms with Crippen LogP contribution in [0.1, 0.15) is 65.5 Å². The molecule has 0 amide bonds. The number of rotatable bonds is 5. The zero-order valence-electron chi connectivity index (χ0n) is 17.7. The lowest BCUT2D eigenvalue weighted by Gasteiger charge is -2.41. The van der Waals surface area contributed by atoms with E-state index in [0.29, 0.717) is 11.0 Å². The molecule has 2 nitrogen and oxygen atoms in total. The van der Waals surface area contributed by atoms with Crippen molar-refractivity contribution in [2.45, 2.75) is 72.9 Å². The van der Waals surface area contributed by atoms with Crippen LogP contribution in [0, 0.1) is 11.3 Å². The number of hydrogen-bond acceptors (Lipinski definition) is 2. The number of nitrogens with zero attached hydrogens (tertiary/aromatic N) is 2. The Balaban J connectivity index is 1.81. The summed E-state index contributed by atoms with van der Waals surface area (Å²) in [7, 11) is 2.22. The highest BCUT2D eigenvalue weighted by Gasteiger charge is 2.26. The summed E-state index contributed by atoms with van der Waals surface area (Å²) in [5, 5.41) is 0. The van der Waals surface area contributed by atoms with Crippen LogP contribution in [0.3, 0.4) is 0 Å². The van der Waals surface area contributed by atoms with Gasteiger partial charge in [0.05, 0.1) is 0 Å². The minimum atomic E-state index is 0.325. The summed E-state index contributed by atoms with van der Waals surface area (Å²) in [6.07, 6.45) is 3.93. The van der Waals surface area contributed by atoms with Crippen LogP contribution >= 0.6 is 0 Å². The number of piperidine rings is 1. The van der Waals surface area contributed by atoms with Gasteiger partial charge in [0.25, 0.3) is 0 Å². The lowest BCUT2D eigenvalue weighted by Crippen LogP contribution is -2.46. The fourth-order valence-corrected chi connectivity index (χ4v) is 4.10. The van der Waals surface area contributed by atoms with Crippen molar-refractivity contribution in [1.29, 1.82) is 0 Å². The highest BCUT2D eigenvalue weighted by Crippen LogP contribution is 2.26. The molecule has 2 heteroatoms. The third-order valence-corrected chi connectivity index (χ3v) is 5.31. The van der Waals surface area contributed by atoms with Crippen molar-refractivity contribution in [3.8, 4) is 0 Å². The second kappa shape index (κ2) is 8.22. The molecule has 1 aliphatic heterocycles. The highest BCUT2D eigenvalue weighted by atomic mass is 15.2. The monoisotopic (exact) mass is 344 g/mol. The van der Waals surface area contributed by atoms with Crippen LogP contribution in [0.5, 0.6) is 0 Å². The first kappa shape index (κ1) is 20.5. The number of hydrogen-bond donors (Lipinski definition) is 0. The van der Waals surface area contributed by atoms with E-state index >= 15 is 0 Å². The molecule has 0 saturated carbocycles. The zero-order chi connectivity index (χ0) is 18.7. The van der Waals surface area contributed by atoms with Crippen molar-refractivity contribution in [3.05, 3.63) is 35.4 Å². The maximum absolute atomic E-state index is 2.64. The van der Waals surface area contributed by atoms with E-state index < -0.39 is 0 Å². The Hall–Kier alpha value is -0.860. The Morgan fingerprint density at radius 2 is 1.44 bits per heavy atom. The molecule has 0 radical (unpaired) electrons. The Morgan fingerprint density at radius 1 is 0.920 bits per heavy atom. The Labute approximate surface area is 156 Å². The van der Waals surface area contributed by atoms with Gasteiger partial charge in [-0.25, -0.2) is 0 Å². The molecule has 0 aliphatic carbocycles. The van der Waals surface area contributed by atoms with Crippen molar-refractivity contribution in [3.63, 3.8) is 0 Å². The largest absolute Gasteiger partial charge is 0.302 e. The van der Waals surface area contributed by atoms with Crippen molar-refractivity contribution < 1.29 is 0 Å². The fraction of sp³-hybridized carbons (Fsp3) is 0.739. The fourth-order valence-electron chi connectivity index (χ4n) is 4.10. The van der Waals surface area contributed by atoms with Gasteiger partial charge in [-0.05, 0) is 82.6 Å². The molecule has 1 heterocycles. The predicted octanol–water partition coefficient (Wildman–Crippen LogP) is 5.22. The van der Waals surface area contributed by atoms with E-state index in [0.717, 1.165) is 19.0 Å². The molecule has 1 saturated heterocycles. The lowest BCUT2D eigenvalue weighted by molar-refractivity contribution is 0.0876. The zero-order valence-corrected chi connectivity index (χ0v) is 17.7.